The average Bonchev–Trinajstić information content (AvgIpc) is 2.47. The predicted octanol–water partition coefficient (Wildman–Crippen LogP) is 1.69. The Labute approximate surface area is 121 Å². The monoisotopic (exact) mass is 295 g/mol. The van der Waals surface area contributed by atoms with Crippen molar-refractivity contribution < 1.29 is 19.6 Å². The predicted molar refractivity (Wildman–Crippen MR) is 74.7 cm³/mol. The summed E-state index contributed by atoms with van der Waals surface area (Å²) in [5.74, 6) is -1.16. The van der Waals surface area contributed by atoms with E-state index in [0.29, 0.717) is 13.2 Å². The number of hydrogen-bond donors (Lipinski definition) is 1. The molecule has 0 saturated carbocycles. The summed E-state index contributed by atoms with van der Waals surface area (Å²) in [6.07, 6.45) is 2.95. The Kier molecular flexibility index (Phi) is 4.69. The zero-order valence-electron chi connectivity index (χ0n) is 11.7. The third-order valence-electron chi connectivity index (χ3n) is 3.38. The molecule has 1 aromatic rings. The van der Waals surface area contributed by atoms with Gasteiger partial charge < -0.3 is 14.7 Å². The highest BCUT2D eigenvalue weighted by Gasteiger charge is 2.24. The Bertz CT molecular complexity index is 543. The quantitative estimate of drug-likeness (QED) is 0.650. The molecule has 1 N–H and O–H groups in total. The van der Waals surface area contributed by atoms with Gasteiger partial charge in [-0.3, -0.25) is 10.1 Å². The van der Waals surface area contributed by atoms with Gasteiger partial charge in [0.05, 0.1) is 11.0 Å². The van der Waals surface area contributed by atoms with E-state index in [1.165, 1.54) is 6.07 Å². The molecule has 0 aliphatic carbocycles. The number of ether oxygens (including phenoxy) is 1. The molecule has 8 heteroatoms. The minimum Gasteiger partial charge on any atom is -0.477 e. The number of aromatic nitrogens is 1. The van der Waals surface area contributed by atoms with Crippen LogP contribution in [0.5, 0.6) is 0 Å². The van der Waals surface area contributed by atoms with Crippen LogP contribution in [-0.4, -0.2) is 47.3 Å². The van der Waals surface area contributed by atoms with E-state index in [1.807, 2.05) is 0 Å². The van der Waals surface area contributed by atoms with Gasteiger partial charge >= 0.3 is 11.7 Å². The number of hydrogen-bond acceptors (Lipinski definition) is 6. The van der Waals surface area contributed by atoms with Gasteiger partial charge in [-0.05, 0) is 25.3 Å². The molecule has 1 aliphatic heterocycles. The topological polar surface area (TPSA) is 106 Å². The molecule has 8 nitrogen and oxygen atoms in total. The maximum absolute atomic E-state index is 11.1. The fourth-order valence-electron chi connectivity index (χ4n) is 2.33. The maximum atomic E-state index is 11.1. The van der Waals surface area contributed by atoms with Crippen LogP contribution in [0.1, 0.15) is 29.8 Å². The van der Waals surface area contributed by atoms with E-state index in [-0.39, 0.29) is 23.3 Å². The highest BCUT2D eigenvalue weighted by Crippen LogP contribution is 2.26. The van der Waals surface area contributed by atoms with Gasteiger partial charge in [-0.2, -0.15) is 0 Å². The summed E-state index contributed by atoms with van der Waals surface area (Å²) in [6, 6.07) is 2.30. The van der Waals surface area contributed by atoms with Gasteiger partial charge in [-0.15, -0.1) is 0 Å². The number of carboxylic acid groups (broad SMARTS) is 1. The second-order valence-electron chi connectivity index (χ2n) is 4.97. The van der Waals surface area contributed by atoms with Crippen molar-refractivity contribution in [2.45, 2.75) is 25.4 Å². The van der Waals surface area contributed by atoms with Crippen molar-refractivity contribution in [1.82, 2.24) is 4.98 Å². The number of pyridine rings is 1. The zero-order chi connectivity index (χ0) is 15.4. The Morgan fingerprint density at radius 2 is 2.33 bits per heavy atom. The van der Waals surface area contributed by atoms with Gasteiger partial charge in [0.1, 0.15) is 0 Å². The second-order valence-corrected chi connectivity index (χ2v) is 4.97. The maximum Gasteiger partial charge on any atom is 0.354 e. The van der Waals surface area contributed by atoms with Gasteiger partial charge in [-0.25, -0.2) is 9.78 Å². The lowest BCUT2D eigenvalue weighted by atomic mass is 10.1. The summed E-state index contributed by atoms with van der Waals surface area (Å²) in [5.41, 5.74) is -0.426. The van der Waals surface area contributed by atoms with Gasteiger partial charge in [0.2, 0.25) is 5.82 Å². The third kappa shape index (κ3) is 3.66. The first-order valence-electron chi connectivity index (χ1n) is 6.70. The highest BCUT2D eigenvalue weighted by molar-refractivity contribution is 5.86. The lowest BCUT2D eigenvalue weighted by molar-refractivity contribution is -0.384. The molecule has 0 aromatic carbocycles. The molecule has 2 rings (SSSR count). The van der Waals surface area contributed by atoms with Crippen molar-refractivity contribution in [2.24, 2.45) is 0 Å². The largest absolute Gasteiger partial charge is 0.477 e. The first kappa shape index (κ1) is 15.2. The summed E-state index contributed by atoms with van der Waals surface area (Å²) in [5, 5.41) is 20.0. The summed E-state index contributed by atoms with van der Waals surface area (Å²) in [7, 11) is 1.65. The zero-order valence-corrected chi connectivity index (χ0v) is 11.7. The first-order valence-corrected chi connectivity index (χ1v) is 6.70. The molecular weight excluding hydrogens is 278 g/mol. The molecule has 114 valence electrons. The van der Waals surface area contributed by atoms with Crippen LogP contribution in [-0.2, 0) is 4.74 Å². The summed E-state index contributed by atoms with van der Waals surface area (Å²) >= 11 is 0. The molecule has 1 aromatic heterocycles. The molecule has 0 amide bonds. The Balaban J connectivity index is 2.23. The van der Waals surface area contributed by atoms with Crippen molar-refractivity contribution >= 4 is 17.5 Å². The molecular formula is C13H17N3O5. The van der Waals surface area contributed by atoms with Crippen molar-refractivity contribution in [3.8, 4) is 0 Å². The number of rotatable bonds is 5. The van der Waals surface area contributed by atoms with E-state index in [4.69, 9.17) is 9.84 Å². The van der Waals surface area contributed by atoms with Crippen LogP contribution in [0.25, 0.3) is 0 Å². The standard InChI is InChI=1S/C13H17N3O5/c1-15(8-9-4-2-3-7-21-9)12-11(16(19)20)6-5-10(14-12)13(17)18/h5-6,9H,2-4,7-8H2,1H3,(H,17,18). The van der Waals surface area contributed by atoms with E-state index in [2.05, 4.69) is 4.98 Å². The lowest BCUT2D eigenvalue weighted by Gasteiger charge is -2.27. The lowest BCUT2D eigenvalue weighted by Crippen LogP contribution is -2.34. The molecule has 0 spiro atoms. The minimum atomic E-state index is -1.21. The number of anilines is 1. The molecule has 1 aliphatic rings. The molecule has 21 heavy (non-hydrogen) atoms. The van der Waals surface area contributed by atoms with Crippen LogP contribution in [0, 0.1) is 10.1 Å². The number of likely N-dealkylation sites (N-methyl/N-ethyl adjacent to an activating group) is 1. The fraction of sp³-hybridized carbons (Fsp3) is 0.538. The van der Waals surface area contributed by atoms with Crippen LogP contribution in [0.15, 0.2) is 12.1 Å². The Morgan fingerprint density at radius 1 is 1.57 bits per heavy atom. The summed E-state index contributed by atoms with van der Waals surface area (Å²) < 4.78 is 5.59. The normalized spacial score (nSPS) is 18.2. The number of nitro groups is 1. The third-order valence-corrected chi connectivity index (χ3v) is 3.38. The van der Waals surface area contributed by atoms with Gasteiger partial charge in [0.15, 0.2) is 5.69 Å². The van der Waals surface area contributed by atoms with Crippen LogP contribution < -0.4 is 4.90 Å². The fourth-order valence-corrected chi connectivity index (χ4v) is 2.33. The molecule has 0 radical (unpaired) electrons. The number of carbonyl (C=O) groups is 1. The van der Waals surface area contributed by atoms with Gasteiger partial charge in [-0.1, -0.05) is 0 Å². The average molecular weight is 295 g/mol. The minimum absolute atomic E-state index is 0.0151. The first-order chi connectivity index (χ1) is 9.99. The number of carboxylic acids is 1. The number of aromatic carboxylic acids is 1. The molecule has 1 saturated heterocycles. The van der Waals surface area contributed by atoms with E-state index < -0.39 is 10.9 Å². The molecule has 1 atom stereocenters. The Hall–Kier alpha value is -2.22. The van der Waals surface area contributed by atoms with Crippen molar-refractivity contribution in [3.05, 3.63) is 27.9 Å². The van der Waals surface area contributed by atoms with Crippen molar-refractivity contribution in [1.29, 1.82) is 0 Å². The van der Waals surface area contributed by atoms with Crippen LogP contribution in [0.3, 0.4) is 0 Å². The Morgan fingerprint density at radius 3 is 2.90 bits per heavy atom. The number of nitrogens with zero attached hydrogens (tertiary/aromatic N) is 3. The van der Waals surface area contributed by atoms with Crippen LogP contribution >= 0.6 is 0 Å². The smallest absolute Gasteiger partial charge is 0.354 e. The van der Waals surface area contributed by atoms with E-state index >= 15 is 0 Å². The molecule has 1 fully saturated rings. The summed E-state index contributed by atoms with van der Waals surface area (Å²) in [4.78, 5) is 26.9. The van der Waals surface area contributed by atoms with E-state index in [1.54, 1.807) is 11.9 Å². The summed E-state index contributed by atoms with van der Waals surface area (Å²) in [6.45, 7) is 1.13. The highest BCUT2D eigenvalue weighted by atomic mass is 16.6. The van der Waals surface area contributed by atoms with Crippen molar-refractivity contribution in [3.63, 3.8) is 0 Å². The van der Waals surface area contributed by atoms with E-state index in [0.717, 1.165) is 25.3 Å². The van der Waals surface area contributed by atoms with Gasteiger partial charge in [0, 0.05) is 26.3 Å². The molecule has 0 bridgehead atoms. The van der Waals surface area contributed by atoms with Crippen LogP contribution in [0.4, 0.5) is 11.5 Å². The molecule has 2 heterocycles. The van der Waals surface area contributed by atoms with Gasteiger partial charge in [0.25, 0.3) is 0 Å². The van der Waals surface area contributed by atoms with Crippen LogP contribution in [0.2, 0.25) is 0 Å². The second kappa shape index (κ2) is 6.49. The van der Waals surface area contributed by atoms with Crippen molar-refractivity contribution in [2.75, 3.05) is 25.1 Å². The molecule has 1 unspecified atom stereocenters. The van der Waals surface area contributed by atoms with E-state index in [9.17, 15) is 14.9 Å². The SMILES string of the molecule is CN(CC1CCCCO1)c1nc(C(=O)O)ccc1[N+](=O)[O-].